The van der Waals surface area contributed by atoms with E-state index in [2.05, 4.69) is 0 Å². The third-order valence-corrected chi connectivity index (χ3v) is 14.4. The second-order valence-electron chi connectivity index (χ2n) is 19.6. The molecule has 14 heteroatoms. The summed E-state index contributed by atoms with van der Waals surface area (Å²) in [6.45, 7) is 12.7. The zero-order chi connectivity index (χ0) is 48.2. The van der Waals surface area contributed by atoms with Crippen LogP contribution in [-0.4, -0.2) is 132 Å². The van der Waals surface area contributed by atoms with E-state index in [-0.39, 0.29) is 61.2 Å². The van der Waals surface area contributed by atoms with Gasteiger partial charge in [0, 0.05) is 58.5 Å². The van der Waals surface area contributed by atoms with Gasteiger partial charge in [-0.15, -0.1) is 0 Å². The number of Topliss-reactive ketones (excluding diaryl/α,β-unsaturated/α-hetero) is 3. The number of allylic oxidation sites excluding steroid dienone is 6. The summed E-state index contributed by atoms with van der Waals surface area (Å²) in [6.07, 6.45) is 10.7. The number of carbonyl (C=O) groups is 5. The molecule has 65 heavy (non-hydrogen) atoms. The van der Waals surface area contributed by atoms with Crippen molar-refractivity contribution >= 4 is 29.2 Å². The van der Waals surface area contributed by atoms with Gasteiger partial charge in [-0.1, -0.05) is 71.1 Å². The molecule has 4 aliphatic rings. The van der Waals surface area contributed by atoms with Gasteiger partial charge in [0.15, 0.2) is 5.78 Å². The molecule has 1 aliphatic carbocycles. The first-order valence-electron chi connectivity index (χ1n) is 23.9. The van der Waals surface area contributed by atoms with Gasteiger partial charge in [0.25, 0.3) is 5.91 Å². The number of piperidine rings is 1. The first-order chi connectivity index (χ1) is 30.7. The van der Waals surface area contributed by atoms with Crippen molar-refractivity contribution in [2.45, 2.75) is 180 Å². The Morgan fingerprint density at radius 1 is 0.831 bits per heavy atom. The highest BCUT2D eigenvalue weighted by atomic mass is 16.6. The third kappa shape index (κ3) is 14.3. The number of fused-ring (bicyclic) bond motifs is 3. The fraction of sp³-hybridized carbons (Fsp3) is 0.745. The smallest absolute Gasteiger partial charge is 0.329 e. The molecule has 0 aromatic heterocycles. The predicted octanol–water partition coefficient (Wildman–Crippen LogP) is 6.18. The first kappa shape index (κ1) is 54.2. The summed E-state index contributed by atoms with van der Waals surface area (Å²) in [5.41, 5.74) is 1.24. The number of esters is 1. The summed E-state index contributed by atoms with van der Waals surface area (Å²) >= 11 is 0. The van der Waals surface area contributed by atoms with Crippen LogP contribution >= 0.6 is 0 Å². The predicted molar refractivity (Wildman–Crippen MR) is 245 cm³/mol. The van der Waals surface area contributed by atoms with Crippen LogP contribution < -0.4 is 0 Å². The Hall–Kier alpha value is -3.37. The maximum atomic E-state index is 14.6. The van der Waals surface area contributed by atoms with Crippen LogP contribution in [-0.2, 0) is 47.7 Å². The van der Waals surface area contributed by atoms with E-state index in [0.29, 0.717) is 56.9 Å². The molecular formula is C51H79NO13. The summed E-state index contributed by atoms with van der Waals surface area (Å²) in [4.78, 5) is 72.1. The lowest BCUT2D eigenvalue weighted by Gasteiger charge is -2.40. The largest absolute Gasteiger partial charge is 0.460 e. The summed E-state index contributed by atoms with van der Waals surface area (Å²) in [5.74, 6) is -8.01. The van der Waals surface area contributed by atoms with E-state index in [1.807, 2.05) is 58.1 Å². The van der Waals surface area contributed by atoms with E-state index in [9.17, 15) is 39.3 Å². The molecular weight excluding hydrogens is 835 g/mol. The van der Waals surface area contributed by atoms with Crippen LogP contribution in [0.1, 0.15) is 126 Å². The van der Waals surface area contributed by atoms with Gasteiger partial charge in [-0.25, -0.2) is 4.79 Å². The van der Waals surface area contributed by atoms with E-state index in [1.54, 1.807) is 41.1 Å². The van der Waals surface area contributed by atoms with Gasteiger partial charge in [0.1, 0.15) is 30.1 Å². The lowest BCUT2D eigenvalue weighted by molar-refractivity contribution is -0.231. The van der Waals surface area contributed by atoms with Crippen LogP contribution in [0.2, 0.25) is 0 Å². The molecule has 14 nitrogen and oxygen atoms in total. The number of aliphatic hydroxyl groups is 3. The second kappa shape index (κ2) is 25.1. The summed E-state index contributed by atoms with van der Waals surface area (Å²) < 4.78 is 29.5. The van der Waals surface area contributed by atoms with Crippen molar-refractivity contribution in [2.24, 2.45) is 35.5 Å². The number of ketones is 3. The van der Waals surface area contributed by atoms with E-state index in [4.69, 9.17) is 23.7 Å². The maximum absolute atomic E-state index is 14.6. The van der Waals surface area contributed by atoms with E-state index in [1.165, 1.54) is 12.0 Å². The quantitative estimate of drug-likeness (QED) is 0.156. The molecule has 4 rings (SSSR count). The minimum atomic E-state index is -2.85. The van der Waals surface area contributed by atoms with E-state index >= 15 is 0 Å². The molecule has 3 heterocycles. The van der Waals surface area contributed by atoms with Crippen molar-refractivity contribution in [1.29, 1.82) is 0 Å². The highest BCUT2D eigenvalue weighted by Gasteiger charge is 2.55. The van der Waals surface area contributed by atoms with Crippen molar-refractivity contribution in [3.8, 4) is 0 Å². The van der Waals surface area contributed by atoms with Crippen LogP contribution in [0.15, 0.2) is 47.6 Å². The van der Waals surface area contributed by atoms with Crippen molar-refractivity contribution in [1.82, 2.24) is 4.90 Å². The van der Waals surface area contributed by atoms with Crippen LogP contribution in [0, 0.1) is 35.5 Å². The zero-order valence-corrected chi connectivity index (χ0v) is 40.6. The van der Waals surface area contributed by atoms with Crippen LogP contribution in [0.3, 0.4) is 0 Å². The van der Waals surface area contributed by atoms with E-state index < -0.39 is 83.9 Å². The van der Waals surface area contributed by atoms with Crippen molar-refractivity contribution in [3.63, 3.8) is 0 Å². The second-order valence-corrected chi connectivity index (χ2v) is 19.6. The Labute approximate surface area is 387 Å². The lowest BCUT2D eigenvalue weighted by Crippen LogP contribution is -2.62. The number of rotatable bonds is 6. The van der Waals surface area contributed by atoms with Gasteiger partial charge >= 0.3 is 11.8 Å². The number of methoxy groups -OCH3 is 3. The number of hydrogen-bond acceptors (Lipinski definition) is 13. The number of aliphatic hydroxyl groups excluding tert-OH is 2. The van der Waals surface area contributed by atoms with Crippen LogP contribution in [0.25, 0.3) is 0 Å². The van der Waals surface area contributed by atoms with Gasteiger partial charge < -0.3 is 43.9 Å². The Bertz CT molecular complexity index is 1760. The third-order valence-electron chi connectivity index (χ3n) is 14.4. The lowest BCUT2D eigenvalue weighted by atomic mass is 9.78. The van der Waals surface area contributed by atoms with E-state index in [0.717, 1.165) is 12.0 Å². The summed E-state index contributed by atoms with van der Waals surface area (Å²) in [7, 11) is 4.51. The molecule has 3 fully saturated rings. The molecule has 0 radical (unpaired) electrons. The summed E-state index contributed by atoms with van der Waals surface area (Å²) in [6, 6.07) is -1.16. The Morgan fingerprint density at radius 2 is 1.55 bits per heavy atom. The number of cyclic esters (lactones) is 1. The molecule has 0 aromatic rings. The zero-order valence-electron chi connectivity index (χ0n) is 40.6. The Kier molecular flexibility index (Phi) is 21.0. The summed E-state index contributed by atoms with van der Waals surface area (Å²) in [5, 5.41) is 34.1. The highest BCUT2D eigenvalue weighted by molar-refractivity contribution is 6.09. The first-order valence-corrected chi connectivity index (χ1v) is 23.9. The minimum absolute atomic E-state index is 0.0147. The molecule has 1 unspecified atom stereocenters. The average molecular weight is 914 g/mol. The molecule has 0 aromatic carbocycles. The number of hydrogen-bond donors (Lipinski definition) is 3. The van der Waals surface area contributed by atoms with Gasteiger partial charge in [0.2, 0.25) is 5.78 Å². The molecule has 2 saturated heterocycles. The molecule has 15 atom stereocenters. The molecule has 1 saturated carbocycles. The van der Waals surface area contributed by atoms with Gasteiger partial charge in [-0.05, 0) is 107 Å². The van der Waals surface area contributed by atoms with Gasteiger partial charge in [-0.3, -0.25) is 19.2 Å². The van der Waals surface area contributed by atoms with Gasteiger partial charge in [0.05, 0.1) is 24.4 Å². The molecule has 2 bridgehead atoms. The molecule has 0 spiro atoms. The number of carbonyl (C=O) groups excluding carboxylic acids is 5. The molecule has 3 aliphatic heterocycles. The maximum Gasteiger partial charge on any atom is 0.329 e. The van der Waals surface area contributed by atoms with Crippen molar-refractivity contribution < 1.29 is 63.0 Å². The normalized spacial score (nSPS) is 39.6. The molecule has 1 amide bonds. The molecule has 366 valence electrons. The SMILES string of the molecule is CO[C@H]1C[C@@H]2CC[C@@H](C)C(=O)C(O)(O2)C(=O)N2CCCC[C@H]2C(=O)O[C@H]([C@H](C)C[C@@H]2CC[C@@H](O)[C@H](OC)C2)CC(=O)[C@H](C)/C=C(\C)[C@@H](O)[C@@H](OC)C(=O)[C@H](C)C[C@H](C)/C=C/C=C/C=C1C. The van der Waals surface area contributed by atoms with Crippen molar-refractivity contribution in [2.75, 3.05) is 27.9 Å². The monoisotopic (exact) mass is 914 g/mol. The van der Waals surface area contributed by atoms with Gasteiger partial charge in [-0.2, -0.15) is 0 Å². The fourth-order valence-corrected chi connectivity index (χ4v) is 10.1. The fourth-order valence-electron chi connectivity index (χ4n) is 10.1. The number of amides is 1. The topological polar surface area (TPSA) is 195 Å². The Balaban J connectivity index is 1.74. The highest BCUT2D eigenvalue weighted by Crippen LogP contribution is 2.36. The standard InChI is InChI=1S/C51H79NO13/c1-30-16-12-11-13-17-31(2)42(61-8)28-38-21-19-32(3)48(57)51(60,65-38)50(59)52-23-15-14-18-39(52)49(58)64-43(34(5)26-37-20-22-40(53)44(27-37)62-9)29-41(54)33(4)25-36(7)46(56)47(63-10)45(55)35(6)24-30/h11-13,16-17,25,30,32-35,37-40,42-44,46-47,53,56,60H,14-15,18-24,26-29H2,1-10H3/b13-11+,16-12+,31-17?,36-25+/t30-,32-,33-,34-,35-,37+,38+,39+,40-,42+,43+,44-,46-,47+,51?/m1/s1. The number of ether oxygens (including phenoxy) is 5. The Morgan fingerprint density at radius 3 is 2.23 bits per heavy atom. The van der Waals surface area contributed by atoms with Crippen LogP contribution in [0.4, 0.5) is 0 Å². The molecule has 3 N–H and O–H groups in total. The van der Waals surface area contributed by atoms with Crippen molar-refractivity contribution in [3.05, 3.63) is 47.6 Å². The van der Waals surface area contributed by atoms with Crippen LogP contribution in [0.5, 0.6) is 0 Å². The average Bonchev–Trinajstić information content (AvgIpc) is 3.39. The number of nitrogens with zero attached hydrogens (tertiary/aromatic N) is 1. The minimum Gasteiger partial charge on any atom is -0.460 e.